The summed E-state index contributed by atoms with van der Waals surface area (Å²) < 4.78 is 29.0. The summed E-state index contributed by atoms with van der Waals surface area (Å²) >= 11 is 0. The van der Waals surface area contributed by atoms with Crippen molar-refractivity contribution >= 4 is 27.6 Å². The first-order valence-corrected chi connectivity index (χ1v) is 10.9. The molecule has 0 aliphatic heterocycles. The van der Waals surface area contributed by atoms with E-state index in [1.54, 1.807) is 19.9 Å². The molecule has 0 aliphatic carbocycles. The van der Waals surface area contributed by atoms with Gasteiger partial charge in [0.15, 0.2) is 0 Å². The van der Waals surface area contributed by atoms with Crippen LogP contribution in [0.4, 0.5) is 5.69 Å². The van der Waals surface area contributed by atoms with Crippen molar-refractivity contribution in [2.24, 2.45) is 0 Å². The van der Waals surface area contributed by atoms with Crippen LogP contribution >= 0.6 is 0 Å². The average molecular weight is 465 g/mol. The van der Waals surface area contributed by atoms with Gasteiger partial charge in [-0.1, -0.05) is 23.1 Å². The van der Waals surface area contributed by atoms with Crippen molar-refractivity contribution in [2.45, 2.75) is 37.3 Å². The van der Waals surface area contributed by atoms with Crippen LogP contribution in [0.3, 0.4) is 0 Å². The lowest BCUT2D eigenvalue weighted by molar-refractivity contribution is -0.385. The number of rotatable bonds is 10. The molecule has 0 spiro atoms. The van der Waals surface area contributed by atoms with Crippen LogP contribution in [0.15, 0.2) is 53.4 Å². The maximum Gasteiger partial charge on any atom is 0.308 e. The summed E-state index contributed by atoms with van der Waals surface area (Å²) in [5.74, 6) is -1.30. The van der Waals surface area contributed by atoms with Crippen molar-refractivity contribution in [1.29, 1.82) is 0 Å². The first-order valence-electron chi connectivity index (χ1n) is 9.43. The highest BCUT2D eigenvalue weighted by Crippen LogP contribution is 2.28. The van der Waals surface area contributed by atoms with Gasteiger partial charge in [-0.2, -0.15) is 0 Å². The number of sulfonamides is 1. The molecule has 0 aliphatic rings. The maximum absolute atomic E-state index is 12.8. The molecule has 2 rings (SSSR count). The number of amides is 1. The highest BCUT2D eigenvalue weighted by Gasteiger charge is 2.27. The SMILES string of the molecule is CONS(=O)(=O)c1ccc(C(=O)NC(CC(=O)OC(C)C)c2ccccc2[N+](=O)[O-])cc1. The zero-order valence-corrected chi connectivity index (χ0v) is 18.4. The minimum Gasteiger partial charge on any atom is -0.463 e. The van der Waals surface area contributed by atoms with Gasteiger partial charge in [-0.3, -0.25) is 24.5 Å². The Labute approximate surface area is 184 Å². The van der Waals surface area contributed by atoms with Crippen molar-refractivity contribution < 1.29 is 32.5 Å². The van der Waals surface area contributed by atoms with Gasteiger partial charge >= 0.3 is 5.97 Å². The Morgan fingerprint density at radius 3 is 2.28 bits per heavy atom. The second-order valence-corrected chi connectivity index (χ2v) is 8.54. The quantitative estimate of drug-likeness (QED) is 0.308. The minimum absolute atomic E-state index is 0.0853. The number of hydrogen-bond donors (Lipinski definition) is 2. The Bertz CT molecular complexity index is 1080. The largest absolute Gasteiger partial charge is 0.463 e. The van der Waals surface area contributed by atoms with Crippen molar-refractivity contribution in [3.8, 4) is 0 Å². The van der Waals surface area contributed by atoms with Gasteiger partial charge in [0.2, 0.25) is 0 Å². The average Bonchev–Trinajstić information content (AvgIpc) is 2.72. The van der Waals surface area contributed by atoms with Crippen LogP contribution in [0, 0.1) is 10.1 Å². The van der Waals surface area contributed by atoms with E-state index in [0.717, 1.165) is 7.11 Å². The van der Waals surface area contributed by atoms with E-state index in [2.05, 4.69) is 10.2 Å². The van der Waals surface area contributed by atoms with Gasteiger partial charge in [0.25, 0.3) is 21.6 Å². The lowest BCUT2D eigenvalue weighted by Crippen LogP contribution is -2.31. The lowest BCUT2D eigenvalue weighted by Gasteiger charge is -2.19. The highest BCUT2D eigenvalue weighted by molar-refractivity contribution is 7.89. The third-order valence-corrected chi connectivity index (χ3v) is 5.45. The van der Waals surface area contributed by atoms with Gasteiger partial charge in [0.1, 0.15) is 0 Å². The van der Waals surface area contributed by atoms with Crippen LogP contribution in [-0.4, -0.2) is 38.4 Å². The fourth-order valence-corrected chi connectivity index (χ4v) is 3.66. The Balaban J connectivity index is 2.32. The van der Waals surface area contributed by atoms with Gasteiger partial charge < -0.3 is 10.1 Å². The number of carbonyl (C=O) groups is 2. The molecule has 2 N–H and O–H groups in total. The Morgan fingerprint density at radius 1 is 1.09 bits per heavy atom. The first kappa shape index (κ1) is 24.9. The van der Waals surface area contributed by atoms with E-state index in [4.69, 9.17) is 4.74 Å². The molecule has 32 heavy (non-hydrogen) atoms. The molecule has 172 valence electrons. The Morgan fingerprint density at radius 2 is 1.72 bits per heavy atom. The number of para-hydroxylation sites is 1. The van der Waals surface area contributed by atoms with E-state index in [1.165, 1.54) is 42.5 Å². The molecule has 1 unspecified atom stereocenters. The summed E-state index contributed by atoms with van der Waals surface area (Å²) in [5, 5.41) is 14.0. The second-order valence-electron chi connectivity index (χ2n) is 6.90. The van der Waals surface area contributed by atoms with Crippen molar-refractivity contribution in [1.82, 2.24) is 10.2 Å². The van der Waals surface area contributed by atoms with Crippen LogP contribution in [0.1, 0.15) is 42.2 Å². The van der Waals surface area contributed by atoms with E-state index >= 15 is 0 Å². The monoisotopic (exact) mass is 465 g/mol. The number of nitrogens with zero attached hydrogens (tertiary/aromatic N) is 1. The molecular weight excluding hydrogens is 442 g/mol. The molecule has 0 aromatic heterocycles. The van der Waals surface area contributed by atoms with Gasteiger partial charge in [0.05, 0.1) is 41.1 Å². The molecular formula is C20H23N3O8S. The molecule has 1 amide bonds. The molecule has 2 aromatic carbocycles. The third-order valence-electron chi connectivity index (χ3n) is 4.17. The third kappa shape index (κ3) is 6.57. The number of nitro groups is 1. The minimum atomic E-state index is -3.90. The van der Waals surface area contributed by atoms with Crippen LogP contribution in [0.25, 0.3) is 0 Å². The summed E-state index contributed by atoms with van der Waals surface area (Å²) in [6, 6.07) is 9.62. The number of hydrogen-bond acceptors (Lipinski definition) is 8. The van der Waals surface area contributed by atoms with Gasteiger partial charge in [-0.05, 0) is 38.1 Å². The smallest absolute Gasteiger partial charge is 0.308 e. The molecule has 1 atom stereocenters. The van der Waals surface area contributed by atoms with Crippen LogP contribution in [0.5, 0.6) is 0 Å². The number of carbonyl (C=O) groups excluding carboxylic acids is 2. The molecule has 11 nitrogen and oxygen atoms in total. The molecule has 2 aromatic rings. The van der Waals surface area contributed by atoms with Crippen LogP contribution in [-0.2, 0) is 24.4 Å². The Hall–Kier alpha value is -3.35. The van der Waals surface area contributed by atoms with Crippen molar-refractivity contribution in [2.75, 3.05) is 7.11 Å². The van der Waals surface area contributed by atoms with E-state index in [9.17, 15) is 28.1 Å². The Kier molecular flexibility index (Phi) is 8.41. The zero-order valence-electron chi connectivity index (χ0n) is 17.6. The fraction of sp³-hybridized carbons (Fsp3) is 0.300. The van der Waals surface area contributed by atoms with E-state index in [1.807, 2.05) is 4.89 Å². The fourth-order valence-electron chi connectivity index (χ4n) is 2.85. The predicted octanol–water partition coefficient (Wildman–Crippen LogP) is 2.25. The number of esters is 1. The molecule has 0 saturated heterocycles. The van der Waals surface area contributed by atoms with Gasteiger partial charge in [-0.15, -0.1) is 0 Å². The molecule has 0 bridgehead atoms. The molecule has 0 fully saturated rings. The molecule has 0 heterocycles. The number of ether oxygens (including phenoxy) is 1. The molecule has 0 radical (unpaired) electrons. The van der Waals surface area contributed by atoms with E-state index in [0.29, 0.717) is 0 Å². The highest BCUT2D eigenvalue weighted by atomic mass is 32.2. The normalized spacial score (nSPS) is 12.2. The first-order chi connectivity index (χ1) is 15.0. The summed E-state index contributed by atoms with van der Waals surface area (Å²) in [5.41, 5.74) is -0.0422. The summed E-state index contributed by atoms with van der Waals surface area (Å²) in [7, 11) is -2.76. The standard InChI is InChI=1S/C20H23N3O8S/c1-13(2)31-19(24)12-17(16-6-4-5-7-18(16)23(26)27)21-20(25)14-8-10-15(11-9-14)32(28,29)22-30-3/h4-11,13,17,22H,12H2,1-3H3,(H,21,25). The number of benzene rings is 2. The summed E-state index contributed by atoms with van der Waals surface area (Å²) in [6.07, 6.45) is -0.737. The second kappa shape index (κ2) is 10.8. The van der Waals surface area contributed by atoms with Gasteiger partial charge in [-0.25, -0.2) is 8.42 Å². The van der Waals surface area contributed by atoms with E-state index < -0.39 is 39.0 Å². The number of nitrogens with one attached hydrogen (secondary N) is 2. The van der Waals surface area contributed by atoms with Crippen molar-refractivity contribution in [3.63, 3.8) is 0 Å². The molecule has 12 heteroatoms. The van der Waals surface area contributed by atoms with Crippen molar-refractivity contribution in [3.05, 3.63) is 69.8 Å². The summed E-state index contributed by atoms with van der Waals surface area (Å²) in [6.45, 7) is 3.31. The maximum atomic E-state index is 12.8. The predicted molar refractivity (Wildman–Crippen MR) is 113 cm³/mol. The van der Waals surface area contributed by atoms with Gasteiger partial charge in [0, 0.05) is 11.6 Å². The topological polar surface area (TPSA) is 154 Å². The number of nitro benzene ring substituents is 1. The van der Waals surface area contributed by atoms with E-state index in [-0.39, 0.29) is 28.1 Å². The van der Waals surface area contributed by atoms with Crippen LogP contribution < -0.4 is 10.2 Å². The van der Waals surface area contributed by atoms with Crippen LogP contribution in [0.2, 0.25) is 0 Å². The molecule has 0 saturated carbocycles. The zero-order chi connectivity index (χ0) is 23.9. The summed E-state index contributed by atoms with van der Waals surface area (Å²) in [4.78, 5) is 42.0. The lowest BCUT2D eigenvalue weighted by atomic mass is 10.0.